The van der Waals surface area contributed by atoms with Crippen molar-refractivity contribution in [3.05, 3.63) is 24.0 Å². The summed E-state index contributed by atoms with van der Waals surface area (Å²) < 4.78 is 43.0. The van der Waals surface area contributed by atoms with E-state index >= 15 is 0 Å². The summed E-state index contributed by atoms with van der Waals surface area (Å²) in [4.78, 5) is 7.30. The van der Waals surface area contributed by atoms with Crippen molar-refractivity contribution in [1.82, 2.24) is 9.97 Å². The minimum atomic E-state index is -4.13. The molecule has 15 heavy (non-hydrogen) atoms. The van der Waals surface area contributed by atoms with E-state index in [2.05, 4.69) is 9.97 Å². The Kier molecular flexibility index (Phi) is 3.35. The van der Waals surface area contributed by atoms with Gasteiger partial charge in [-0.3, -0.25) is 4.55 Å². The van der Waals surface area contributed by atoms with Gasteiger partial charge in [0, 0.05) is 5.92 Å². The highest BCUT2D eigenvalue weighted by molar-refractivity contribution is 7.86. The van der Waals surface area contributed by atoms with Gasteiger partial charge in [0.2, 0.25) is 0 Å². The summed E-state index contributed by atoms with van der Waals surface area (Å²) in [6.07, 6.45) is 1.91. The van der Waals surface area contributed by atoms with Gasteiger partial charge in [0.1, 0.15) is 5.82 Å². The molecule has 7 heteroatoms. The monoisotopic (exact) mass is 234 g/mol. The minimum Gasteiger partial charge on any atom is -0.285 e. The third kappa shape index (κ3) is 2.93. The fourth-order valence-electron chi connectivity index (χ4n) is 1.03. The molecule has 2 atom stereocenters. The van der Waals surface area contributed by atoms with Crippen molar-refractivity contribution < 1.29 is 17.4 Å². The van der Waals surface area contributed by atoms with Crippen LogP contribution in [0.15, 0.2) is 12.4 Å². The molecule has 0 aliphatic carbocycles. The van der Waals surface area contributed by atoms with Gasteiger partial charge in [-0.15, -0.1) is 0 Å². The molecule has 1 aromatic heterocycles. The zero-order valence-corrected chi connectivity index (χ0v) is 9.07. The van der Waals surface area contributed by atoms with E-state index in [1.54, 1.807) is 6.92 Å². The first-order valence-corrected chi connectivity index (χ1v) is 5.76. The van der Waals surface area contributed by atoms with Crippen molar-refractivity contribution >= 4 is 10.1 Å². The molecule has 1 rings (SSSR count). The summed E-state index contributed by atoms with van der Waals surface area (Å²) in [6, 6.07) is 0. The van der Waals surface area contributed by atoms with Crippen molar-refractivity contribution in [3.63, 3.8) is 0 Å². The van der Waals surface area contributed by atoms with Crippen LogP contribution in [0.2, 0.25) is 0 Å². The third-order valence-electron chi connectivity index (χ3n) is 2.22. The van der Waals surface area contributed by atoms with Crippen LogP contribution in [-0.4, -0.2) is 28.2 Å². The molecule has 84 valence electrons. The van der Waals surface area contributed by atoms with Crippen LogP contribution in [0.3, 0.4) is 0 Å². The first-order valence-electron chi connectivity index (χ1n) is 4.26. The summed E-state index contributed by atoms with van der Waals surface area (Å²) in [7, 11) is -4.13. The Labute approximate surface area is 87.1 Å². The summed E-state index contributed by atoms with van der Waals surface area (Å²) in [5.41, 5.74) is 0. The lowest BCUT2D eigenvalue weighted by atomic mass is 10.1. The number of rotatable bonds is 3. The Hall–Kier alpha value is -1.08. The normalized spacial score (nSPS) is 16.0. The molecule has 2 unspecified atom stereocenters. The number of hydrogen-bond donors (Lipinski definition) is 1. The number of halogens is 1. The number of nitrogens with zero attached hydrogens (tertiary/aromatic N) is 2. The van der Waals surface area contributed by atoms with Gasteiger partial charge >= 0.3 is 0 Å². The first-order chi connectivity index (χ1) is 6.82. The quantitative estimate of drug-likeness (QED) is 0.789. The highest BCUT2D eigenvalue weighted by atomic mass is 32.2. The Morgan fingerprint density at radius 1 is 1.33 bits per heavy atom. The van der Waals surface area contributed by atoms with E-state index in [9.17, 15) is 12.8 Å². The van der Waals surface area contributed by atoms with E-state index in [4.69, 9.17) is 4.55 Å². The lowest BCUT2D eigenvalue weighted by Gasteiger charge is -2.15. The van der Waals surface area contributed by atoms with Crippen LogP contribution < -0.4 is 0 Å². The average Bonchev–Trinajstić information content (AvgIpc) is 2.15. The molecule has 0 aliphatic rings. The molecule has 0 spiro atoms. The maximum absolute atomic E-state index is 12.5. The van der Waals surface area contributed by atoms with Crippen molar-refractivity contribution in [2.45, 2.75) is 25.0 Å². The zero-order chi connectivity index (χ0) is 11.6. The minimum absolute atomic E-state index is 0.182. The molecule has 0 radical (unpaired) electrons. The van der Waals surface area contributed by atoms with Gasteiger partial charge in [0.05, 0.1) is 17.6 Å². The van der Waals surface area contributed by atoms with Gasteiger partial charge in [-0.05, 0) is 6.92 Å². The number of hydrogen-bond acceptors (Lipinski definition) is 4. The summed E-state index contributed by atoms with van der Waals surface area (Å²) in [5, 5.41) is -1.03. The van der Waals surface area contributed by atoms with Crippen molar-refractivity contribution in [2.75, 3.05) is 0 Å². The Morgan fingerprint density at radius 2 is 1.80 bits per heavy atom. The molecular formula is C8H11FN2O3S. The Bertz CT molecular complexity index is 432. The van der Waals surface area contributed by atoms with Crippen molar-refractivity contribution in [1.29, 1.82) is 0 Å². The summed E-state index contributed by atoms with van der Waals surface area (Å²) in [6.45, 7) is 2.89. The van der Waals surface area contributed by atoms with Crippen molar-refractivity contribution in [2.24, 2.45) is 0 Å². The van der Waals surface area contributed by atoms with Gasteiger partial charge in [0.25, 0.3) is 10.1 Å². The molecule has 0 fully saturated rings. The predicted octanol–water partition coefficient (Wildman–Crippen LogP) is 0.996. The van der Waals surface area contributed by atoms with E-state index in [0.29, 0.717) is 0 Å². The average molecular weight is 234 g/mol. The lowest BCUT2D eigenvalue weighted by Crippen LogP contribution is -2.24. The van der Waals surface area contributed by atoms with E-state index < -0.39 is 27.1 Å². The molecule has 0 saturated carbocycles. The Balaban J connectivity index is 2.95. The highest BCUT2D eigenvalue weighted by Crippen LogP contribution is 2.19. The van der Waals surface area contributed by atoms with Crippen LogP contribution in [0.1, 0.15) is 25.6 Å². The predicted molar refractivity (Wildman–Crippen MR) is 51.4 cm³/mol. The third-order valence-corrected chi connectivity index (χ3v) is 3.57. The van der Waals surface area contributed by atoms with Crippen LogP contribution in [0.5, 0.6) is 0 Å². The molecule has 1 aromatic rings. The molecule has 0 amide bonds. The molecule has 0 bridgehead atoms. The maximum atomic E-state index is 12.5. The highest BCUT2D eigenvalue weighted by Gasteiger charge is 2.27. The van der Waals surface area contributed by atoms with Crippen LogP contribution in [-0.2, 0) is 10.1 Å². The topological polar surface area (TPSA) is 80.2 Å². The van der Waals surface area contributed by atoms with E-state index in [-0.39, 0.29) is 5.82 Å². The lowest BCUT2D eigenvalue weighted by molar-refractivity contribution is 0.458. The zero-order valence-electron chi connectivity index (χ0n) is 8.25. The molecular weight excluding hydrogens is 223 g/mol. The van der Waals surface area contributed by atoms with Crippen LogP contribution in [0.4, 0.5) is 4.39 Å². The second kappa shape index (κ2) is 4.19. The fourth-order valence-corrected chi connectivity index (χ4v) is 1.66. The second-order valence-electron chi connectivity index (χ2n) is 3.27. The molecule has 5 nitrogen and oxygen atoms in total. The van der Waals surface area contributed by atoms with E-state index in [1.165, 1.54) is 6.92 Å². The SMILES string of the molecule is CC(c1ncc(F)cn1)C(C)S(=O)(=O)O. The molecule has 0 aromatic carbocycles. The van der Waals surface area contributed by atoms with Gasteiger partial charge < -0.3 is 0 Å². The van der Waals surface area contributed by atoms with Crippen LogP contribution >= 0.6 is 0 Å². The first kappa shape index (κ1) is 12.0. The molecule has 0 aliphatic heterocycles. The van der Waals surface area contributed by atoms with Gasteiger partial charge in [-0.1, -0.05) is 6.92 Å². The Morgan fingerprint density at radius 3 is 2.20 bits per heavy atom. The van der Waals surface area contributed by atoms with Crippen molar-refractivity contribution in [3.8, 4) is 0 Å². The standard InChI is InChI=1S/C8H11FN2O3S/c1-5(6(2)15(12,13)14)8-10-3-7(9)4-11-8/h3-6H,1-2H3,(H,12,13,14). The fraction of sp³-hybridized carbons (Fsp3) is 0.500. The van der Waals surface area contributed by atoms with Crippen LogP contribution in [0, 0.1) is 5.82 Å². The largest absolute Gasteiger partial charge is 0.285 e. The second-order valence-corrected chi connectivity index (χ2v) is 5.04. The van der Waals surface area contributed by atoms with Gasteiger partial charge in [-0.25, -0.2) is 14.4 Å². The summed E-state index contributed by atoms with van der Waals surface area (Å²) >= 11 is 0. The summed E-state index contributed by atoms with van der Waals surface area (Å²) in [5.74, 6) is -1.01. The molecule has 1 N–H and O–H groups in total. The smallest absolute Gasteiger partial charge is 0.268 e. The van der Waals surface area contributed by atoms with Crippen LogP contribution in [0.25, 0.3) is 0 Å². The maximum Gasteiger partial charge on any atom is 0.268 e. The van der Waals surface area contributed by atoms with E-state index in [1.807, 2.05) is 0 Å². The molecule has 1 heterocycles. The molecule has 0 saturated heterocycles. The van der Waals surface area contributed by atoms with E-state index in [0.717, 1.165) is 12.4 Å². The number of aromatic nitrogens is 2. The van der Waals surface area contributed by atoms with Gasteiger partial charge in [-0.2, -0.15) is 8.42 Å². The van der Waals surface area contributed by atoms with Gasteiger partial charge in [0.15, 0.2) is 5.82 Å².